The van der Waals surface area contributed by atoms with Crippen molar-refractivity contribution in [2.24, 2.45) is 0 Å². The molecule has 2 atom stereocenters. The number of hydrogen-bond acceptors (Lipinski definition) is 5. The lowest BCUT2D eigenvalue weighted by Gasteiger charge is -2.35. The molecule has 0 radical (unpaired) electrons. The van der Waals surface area contributed by atoms with Crippen LogP contribution in [0.25, 0.3) is 0 Å². The molecule has 0 saturated carbocycles. The zero-order valence-electron chi connectivity index (χ0n) is 14.9. The summed E-state index contributed by atoms with van der Waals surface area (Å²) >= 11 is 0. The minimum atomic E-state index is -3.52. The van der Waals surface area contributed by atoms with Gasteiger partial charge in [-0.25, -0.2) is 21.6 Å². The van der Waals surface area contributed by atoms with Gasteiger partial charge in [-0.3, -0.25) is 4.90 Å². The normalized spacial score (nSPS) is 21.1. The van der Waals surface area contributed by atoms with Gasteiger partial charge in [-0.15, -0.1) is 0 Å². The number of likely N-dealkylation sites (tertiary alicyclic amines) is 1. The Morgan fingerprint density at radius 2 is 1.84 bits per heavy atom. The summed E-state index contributed by atoms with van der Waals surface area (Å²) in [6, 6.07) is 8.14. The Hall–Kier alpha value is -0.960. The molecule has 0 aromatic heterocycles. The average Bonchev–Trinajstić information content (AvgIpc) is 2.53. The highest BCUT2D eigenvalue weighted by Crippen LogP contribution is 2.19. The predicted octanol–water partition coefficient (Wildman–Crippen LogP) is 1.64. The number of benzene rings is 1. The maximum atomic E-state index is 12.3. The zero-order valence-corrected chi connectivity index (χ0v) is 16.5. The molecule has 8 heteroatoms. The molecule has 6 nitrogen and oxygen atoms in total. The van der Waals surface area contributed by atoms with Crippen molar-refractivity contribution in [1.82, 2.24) is 9.62 Å². The van der Waals surface area contributed by atoms with Crippen LogP contribution in [0.15, 0.2) is 35.2 Å². The third kappa shape index (κ3) is 6.69. The highest BCUT2D eigenvalue weighted by Gasteiger charge is 2.26. The predicted molar refractivity (Wildman–Crippen MR) is 99.8 cm³/mol. The fraction of sp³-hybridized carbons (Fsp3) is 0.647. The van der Waals surface area contributed by atoms with Crippen molar-refractivity contribution in [2.45, 2.75) is 49.6 Å². The Bertz CT molecular complexity index is 748. The second-order valence-corrected chi connectivity index (χ2v) is 10.8. The standard InChI is InChI=1S/C17H28N2O4S2/c1-15(18-25(22,23)17-9-4-3-5-10-17)11-13-19-12-7-6-8-16(19)14-24(2,20)21/h3-5,9-10,15-16,18H,6-8,11-14H2,1-2H3/t15-,16?/m1/s1. The molecular formula is C17H28N2O4S2. The molecule has 1 aromatic carbocycles. The first-order valence-corrected chi connectivity index (χ1v) is 12.2. The summed E-state index contributed by atoms with van der Waals surface area (Å²) in [5, 5.41) is 0. The van der Waals surface area contributed by atoms with Gasteiger partial charge in [-0.1, -0.05) is 24.6 Å². The van der Waals surface area contributed by atoms with Crippen molar-refractivity contribution in [2.75, 3.05) is 25.1 Å². The summed E-state index contributed by atoms with van der Waals surface area (Å²) in [5.74, 6) is 0.178. The van der Waals surface area contributed by atoms with Gasteiger partial charge in [0.25, 0.3) is 0 Å². The molecule has 1 N–H and O–H groups in total. The SMILES string of the molecule is C[C@H](CCN1CCCCC1CS(C)(=O)=O)NS(=O)(=O)c1ccccc1. The molecule has 1 aromatic rings. The van der Waals surface area contributed by atoms with Crippen molar-refractivity contribution in [3.8, 4) is 0 Å². The van der Waals surface area contributed by atoms with Gasteiger partial charge in [0.1, 0.15) is 9.84 Å². The maximum Gasteiger partial charge on any atom is 0.240 e. The largest absolute Gasteiger partial charge is 0.299 e. The van der Waals surface area contributed by atoms with Crippen molar-refractivity contribution in [3.63, 3.8) is 0 Å². The molecule has 1 saturated heterocycles. The van der Waals surface area contributed by atoms with Crippen molar-refractivity contribution >= 4 is 19.9 Å². The molecule has 2 rings (SSSR count). The summed E-state index contributed by atoms with van der Waals surface area (Å²) in [5.41, 5.74) is 0. The van der Waals surface area contributed by atoms with Crippen LogP contribution in [0.2, 0.25) is 0 Å². The van der Waals surface area contributed by atoms with E-state index in [-0.39, 0.29) is 22.7 Å². The minimum Gasteiger partial charge on any atom is -0.299 e. The van der Waals surface area contributed by atoms with Gasteiger partial charge in [0, 0.05) is 18.3 Å². The summed E-state index contributed by atoms with van der Waals surface area (Å²) in [6.45, 7) is 3.41. The van der Waals surface area contributed by atoms with E-state index in [1.165, 1.54) is 6.26 Å². The lowest BCUT2D eigenvalue weighted by atomic mass is 10.0. The van der Waals surface area contributed by atoms with Crippen LogP contribution in [0.3, 0.4) is 0 Å². The Morgan fingerprint density at radius 3 is 2.48 bits per heavy atom. The molecule has 142 valence electrons. The van der Waals surface area contributed by atoms with E-state index >= 15 is 0 Å². The fourth-order valence-corrected chi connectivity index (χ4v) is 5.62. The monoisotopic (exact) mass is 388 g/mol. The number of sulfone groups is 1. The van der Waals surface area contributed by atoms with E-state index < -0.39 is 19.9 Å². The van der Waals surface area contributed by atoms with E-state index in [0.717, 1.165) is 25.8 Å². The number of rotatable bonds is 8. The van der Waals surface area contributed by atoms with Gasteiger partial charge < -0.3 is 0 Å². The van der Waals surface area contributed by atoms with E-state index in [2.05, 4.69) is 9.62 Å². The molecule has 1 aliphatic rings. The van der Waals surface area contributed by atoms with Crippen LogP contribution in [0.1, 0.15) is 32.6 Å². The van der Waals surface area contributed by atoms with E-state index in [9.17, 15) is 16.8 Å². The Labute approximate surface area is 151 Å². The molecule has 25 heavy (non-hydrogen) atoms. The van der Waals surface area contributed by atoms with E-state index in [4.69, 9.17) is 0 Å². The number of nitrogens with one attached hydrogen (secondary N) is 1. The third-order valence-corrected chi connectivity index (χ3v) is 7.10. The minimum absolute atomic E-state index is 0.0432. The van der Waals surface area contributed by atoms with Gasteiger partial charge >= 0.3 is 0 Å². The molecule has 0 amide bonds. The summed E-state index contributed by atoms with van der Waals surface area (Å²) in [6.07, 6.45) is 4.91. The van der Waals surface area contributed by atoms with Crippen molar-refractivity contribution in [1.29, 1.82) is 0 Å². The molecule has 1 heterocycles. The maximum absolute atomic E-state index is 12.3. The van der Waals surface area contributed by atoms with Gasteiger partial charge in [0.05, 0.1) is 10.6 Å². The van der Waals surface area contributed by atoms with Gasteiger partial charge in [0.15, 0.2) is 0 Å². The Morgan fingerprint density at radius 1 is 1.16 bits per heavy atom. The quantitative estimate of drug-likeness (QED) is 0.732. The highest BCUT2D eigenvalue weighted by molar-refractivity contribution is 7.90. The molecule has 0 spiro atoms. The van der Waals surface area contributed by atoms with Gasteiger partial charge in [0.2, 0.25) is 10.0 Å². The number of hydrogen-bond donors (Lipinski definition) is 1. The van der Waals surface area contributed by atoms with Crippen LogP contribution in [0.5, 0.6) is 0 Å². The Balaban J connectivity index is 1.91. The van der Waals surface area contributed by atoms with Crippen molar-refractivity contribution in [3.05, 3.63) is 30.3 Å². The molecule has 1 fully saturated rings. The van der Waals surface area contributed by atoms with Crippen LogP contribution >= 0.6 is 0 Å². The van der Waals surface area contributed by atoms with Gasteiger partial charge in [-0.2, -0.15) is 0 Å². The van der Waals surface area contributed by atoms with Crippen molar-refractivity contribution < 1.29 is 16.8 Å². The molecular weight excluding hydrogens is 360 g/mol. The van der Waals surface area contributed by atoms with Crippen LogP contribution in [-0.4, -0.2) is 58.9 Å². The lowest BCUT2D eigenvalue weighted by Crippen LogP contribution is -2.45. The summed E-state index contributed by atoms with van der Waals surface area (Å²) in [4.78, 5) is 2.45. The number of sulfonamides is 1. The summed E-state index contributed by atoms with van der Waals surface area (Å²) in [7, 11) is -6.53. The average molecular weight is 389 g/mol. The first-order chi connectivity index (χ1) is 11.7. The smallest absolute Gasteiger partial charge is 0.240 e. The molecule has 0 aliphatic carbocycles. The molecule has 1 unspecified atom stereocenters. The second-order valence-electron chi connectivity index (χ2n) is 6.90. The van der Waals surface area contributed by atoms with E-state index in [0.29, 0.717) is 13.0 Å². The van der Waals surface area contributed by atoms with Crippen LogP contribution in [0, 0.1) is 0 Å². The first kappa shape index (κ1) is 20.4. The Kier molecular flexibility index (Phi) is 7.01. The van der Waals surface area contributed by atoms with Crippen LogP contribution in [0.4, 0.5) is 0 Å². The molecule has 1 aliphatic heterocycles. The number of piperidine rings is 1. The topological polar surface area (TPSA) is 83.6 Å². The molecule has 0 bridgehead atoms. The first-order valence-electron chi connectivity index (χ1n) is 8.66. The van der Waals surface area contributed by atoms with E-state index in [1.54, 1.807) is 30.3 Å². The zero-order chi connectivity index (χ0) is 18.5. The fourth-order valence-electron chi connectivity index (χ4n) is 3.24. The van der Waals surface area contributed by atoms with E-state index in [1.807, 2.05) is 6.92 Å². The lowest BCUT2D eigenvalue weighted by molar-refractivity contribution is 0.157. The second kappa shape index (κ2) is 8.62. The third-order valence-electron chi connectivity index (χ3n) is 4.50. The highest BCUT2D eigenvalue weighted by atomic mass is 32.2. The van der Waals surface area contributed by atoms with Crippen LogP contribution in [-0.2, 0) is 19.9 Å². The number of nitrogens with zero attached hydrogens (tertiary/aromatic N) is 1. The summed E-state index contributed by atoms with van der Waals surface area (Å²) < 4.78 is 50.6. The van der Waals surface area contributed by atoms with Gasteiger partial charge in [-0.05, 0) is 51.4 Å². The van der Waals surface area contributed by atoms with Crippen LogP contribution < -0.4 is 4.72 Å².